The summed E-state index contributed by atoms with van der Waals surface area (Å²) in [5.41, 5.74) is 2.08. The molecule has 0 spiro atoms. The van der Waals surface area contributed by atoms with Crippen molar-refractivity contribution in [3.05, 3.63) is 35.4 Å². The minimum atomic E-state index is 0. The Morgan fingerprint density at radius 2 is 1.95 bits per heavy atom. The molecular formula is C15H23ClN2O. The van der Waals surface area contributed by atoms with Gasteiger partial charge in [-0.25, -0.2) is 0 Å². The number of halogens is 1. The molecule has 0 aromatic heterocycles. The Bertz CT molecular complexity index is 417. The lowest BCUT2D eigenvalue weighted by Crippen LogP contribution is -2.51. The van der Waals surface area contributed by atoms with Crippen LogP contribution in [0.1, 0.15) is 42.6 Å². The molecule has 0 saturated carbocycles. The summed E-state index contributed by atoms with van der Waals surface area (Å²) in [5, 5.41) is 3.35. The molecule has 1 aliphatic heterocycles. The largest absolute Gasteiger partial charge is 0.336 e. The van der Waals surface area contributed by atoms with Gasteiger partial charge in [-0.1, -0.05) is 26.0 Å². The number of rotatable bonds is 2. The normalized spacial score (nSPS) is 19.2. The van der Waals surface area contributed by atoms with Crippen LogP contribution in [0.3, 0.4) is 0 Å². The predicted molar refractivity (Wildman–Crippen MR) is 81.1 cm³/mol. The van der Waals surface area contributed by atoms with Crippen molar-refractivity contribution in [2.24, 2.45) is 0 Å². The molecule has 1 aromatic rings. The smallest absolute Gasteiger partial charge is 0.253 e. The zero-order valence-electron chi connectivity index (χ0n) is 11.8. The molecule has 0 aliphatic carbocycles. The van der Waals surface area contributed by atoms with Crippen LogP contribution < -0.4 is 5.32 Å². The molecule has 1 N–H and O–H groups in total. The fourth-order valence-corrected chi connectivity index (χ4v) is 2.31. The number of nitrogens with zero attached hydrogens (tertiary/aromatic N) is 1. The summed E-state index contributed by atoms with van der Waals surface area (Å²) in [7, 11) is 0. The number of benzene rings is 1. The summed E-state index contributed by atoms with van der Waals surface area (Å²) in [6.45, 7) is 8.92. The fraction of sp³-hybridized carbons (Fsp3) is 0.533. The van der Waals surface area contributed by atoms with Gasteiger partial charge in [0.25, 0.3) is 5.91 Å². The highest BCUT2D eigenvalue weighted by Crippen LogP contribution is 2.16. The molecule has 1 atom stereocenters. The predicted octanol–water partition coefficient (Wildman–Crippen LogP) is 2.67. The quantitative estimate of drug-likeness (QED) is 0.904. The van der Waals surface area contributed by atoms with Gasteiger partial charge in [0.2, 0.25) is 0 Å². The summed E-state index contributed by atoms with van der Waals surface area (Å²) in [4.78, 5) is 14.3. The van der Waals surface area contributed by atoms with Gasteiger partial charge in [0, 0.05) is 31.2 Å². The highest BCUT2D eigenvalue weighted by Gasteiger charge is 2.21. The van der Waals surface area contributed by atoms with Crippen molar-refractivity contribution in [1.29, 1.82) is 0 Å². The number of piperazine rings is 1. The van der Waals surface area contributed by atoms with E-state index in [4.69, 9.17) is 0 Å². The SMILES string of the molecule is CC(C)c1ccc(C(=O)N2CCN[C@@H](C)C2)cc1.Cl. The summed E-state index contributed by atoms with van der Waals surface area (Å²) < 4.78 is 0. The van der Waals surface area contributed by atoms with Crippen molar-refractivity contribution in [3.63, 3.8) is 0 Å². The first-order valence-electron chi connectivity index (χ1n) is 6.70. The first-order chi connectivity index (χ1) is 8.58. The number of carbonyl (C=O) groups excluding carboxylic acids is 1. The molecule has 0 unspecified atom stereocenters. The maximum Gasteiger partial charge on any atom is 0.253 e. The van der Waals surface area contributed by atoms with E-state index in [0.29, 0.717) is 12.0 Å². The van der Waals surface area contributed by atoms with Gasteiger partial charge >= 0.3 is 0 Å². The van der Waals surface area contributed by atoms with Crippen molar-refractivity contribution in [2.75, 3.05) is 19.6 Å². The van der Waals surface area contributed by atoms with Crippen LogP contribution in [0.5, 0.6) is 0 Å². The number of amides is 1. The van der Waals surface area contributed by atoms with Crippen LogP contribution in [0, 0.1) is 0 Å². The molecule has 1 aliphatic rings. The topological polar surface area (TPSA) is 32.3 Å². The molecule has 1 aromatic carbocycles. The summed E-state index contributed by atoms with van der Waals surface area (Å²) in [6, 6.07) is 8.40. The first kappa shape index (κ1) is 16.0. The second-order valence-electron chi connectivity index (χ2n) is 5.38. The van der Waals surface area contributed by atoms with E-state index < -0.39 is 0 Å². The van der Waals surface area contributed by atoms with E-state index in [9.17, 15) is 4.79 Å². The van der Waals surface area contributed by atoms with Crippen LogP contribution in [0.2, 0.25) is 0 Å². The van der Waals surface area contributed by atoms with Crippen LogP contribution >= 0.6 is 12.4 Å². The maximum atomic E-state index is 12.3. The van der Waals surface area contributed by atoms with E-state index in [0.717, 1.165) is 25.2 Å². The molecular weight excluding hydrogens is 260 g/mol. The molecule has 106 valence electrons. The van der Waals surface area contributed by atoms with E-state index in [-0.39, 0.29) is 18.3 Å². The van der Waals surface area contributed by atoms with Crippen molar-refractivity contribution in [3.8, 4) is 0 Å². The average Bonchev–Trinajstić information content (AvgIpc) is 2.38. The van der Waals surface area contributed by atoms with Crippen molar-refractivity contribution >= 4 is 18.3 Å². The molecule has 0 bridgehead atoms. The first-order valence-corrected chi connectivity index (χ1v) is 6.70. The number of hydrogen-bond acceptors (Lipinski definition) is 2. The minimum Gasteiger partial charge on any atom is -0.336 e. The van der Waals surface area contributed by atoms with Gasteiger partial charge in [0.1, 0.15) is 0 Å². The molecule has 3 nitrogen and oxygen atoms in total. The Balaban J connectivity index is 0.00000180. The Hall–Kier alpha value is -1.06. The highest BCUT2D eigenvalue weighted by atomic mass is 35.5. The van der Waals surface area contributed by atoms with Crippen LogP contribution in [-0.4, -0.2) is 36.5 Å². The summed E-state index contributed by atoms with van der Waals surface area (Å²) >= 11 is 0. The molecule has 19 heavy (non-hydrogen) atoms. The van der Waals surface area contributed by atoms with Crippen LogP contribution in [0.15, 0.2) is 24.3 Å². The van der Waals surface area contributed by atoms with Gasteiger partial charge in [-0.3, -0.25) is 4.79 Å². The van der Waals surface area contributed by atoms with Gasteiger partial charge < -0.3 is 10.2 Å². The monoisotopic (exact) mass is 282 g/mol. The highest BCUT2D eigenvalue weighted by molar-refractivity contribution is 5.94. The lowest BCUT2D eigenvalue weighted by molar-refractivity contribution is 0.0709. The van der Waals surface area contributed by atoms with Crippen LogP contribution in [-0.2, 0) is 0 Å². The fourth-order valence-electron chi connectivity index (χ4n) is 2.31. The zero-order chi connectivity index (χ0) is 13.1. The lowest BCUT2D eigenvalue weighted by Gasteiger charge is -2.32. The van der Waals surface area contributed by atoms with Gasteiger partial charge in [0.15, 0.2) is 0 Å². The molecule has 4 heteroatoms. The van der Waals surface area contributed by atoms with Gasteiger partial charge in [-0.15, -0.1) is 12.4 Å². The summed E-state index contributed by atoms with van der Waals surface area (Å²) in [6.07, 6.45) is 0. The third-order valence-corrected chi connectivity index (χ3v) is 3.48. The number of carbonyl (C=O) groups is 1. The van der Waals surface area contributed by atoms with Crippen molar-refractivity contribution in [1.82, 2.24) is 10.2 Å². The average molecular weight is 283 g/mol. The molecule has 0 radical (unpaired) electrons. The van der Waals surface area contributed by atoms with Crippen molar-refractivity contribution in [2.45, 2.75) is 32.7 Å². The summed E-state index contributed by atoms with van der Waals surface area (Å²) in [5.74, 6) is 0.659. The molecule has 1 amide bonds. The molecule has 1 fully saturated rings. The molecule has 1 saturated heterocycles. The number of nitrogens with one attached hydrogen (secondary N) is 1. The standard InChI is InChI=1S/C15H22N2O.ClH/c1-11(2)13-4-6-14(7-5-13)15(18)17-9-8-16-12(3)10-17;/h4-7,11-12,16H,8-10H2,1-3H3;1H/t12-;/m0./s1. The van der Waals surface area contributed by atoms with Gasteiger partial charge in [-0.2, -0.15) is 0 Å². The third-order valence-electron chi connectivity index (χ3n) is 3.48. The maximum absolute atomic E-state index is 12.3. The van der Waals surface area contributed by atoms with E-state index >= 15 is 0 Å². The second-order valence-corrected chi connectivity index (χ2v) is 5.38. The molecule has 2 rings (SSSR count). The van der Waals surface area contributed by atoms with E-state index in [2.05, 4.69) is 38.2 Å². The van der Waals surface area contributed by atoms with Crippen molar-refractivity contribution < 1.29 is 4.79 Å². The van der Waals surface area contributed by atoms with Crippen LogP contribution in [0.25, 0.3) is 0 Å². The third kappa shape index (κ3) is 3.95. The molecule has 1 heterocycles. The Morgan fingerprint density at radius 1 is 1.32 bits per heavy atom. The van der Waals surface area contributed by atoms with E-state index in [1.807, 2.05) is 17.0 Å². The second kappa shape index (κ2) is 6.92. The Kier molecular flexibility index (Phi) is 5.83. The van der Waals surface area contributed by atoms with E-state index in [1.165, 1.54) is 5.56 Å². The zero-order valence-corrected chi connectivity index (χ0v) is 12.7. The Morgan fingerprint density at radius 3 is 2.47 bits per heavy atom. The minimum absolute atomic E-state index is 0. The van der Waals surface area contributed by atoms with Gasteiger partial charge in [-0.05, 0) is 30.5 Å². The van der Waals surface area contributed by atoms with Gasteiger partial charge in [0.05, 0.1) is 0 Å². The van der Waals surface area contributed by atoms with E-state index in [1.54, 1.807) is 0 Å². The van der Waals surface area contributed by atoms with Crippen LogP contribution in [0.4, 0.5) is 0 Å². The Labute approximate surface area is 121 Å². The number of hydrogen-bond donors (Lipinski definition) is 1. The lowest BCUT2D eigenvalue weighted by atomic mass is 10.0.